The van der Waals surface area contributed by atoms with Crippen molar-refractivity contribution in [2.75, 3.05) is 13.6 Å². The molecule has 9 heteroatoms. The summed E-state index contributed by atoms with van der Waals surface area (Å²) in [4.78, 5) is 14.1. The molecule has 0 radical (unpaired) electrons. The molecule has 0 aliphatic rings. The van der Waals surface area contributed by atoms with E-state index in [-0.39, 0.29) is 24.0 Å². The average molecular weight is 450 g/mol. The Morgan fingerprint density at radius 1 is 1.22 bits per heavy atom. The van der Waals surface area contributed by atoms with Gasteiger partial charge >= 0.3 is 0 Å². The molecule has 0 unspecified atom stereocenters. The number of halogens is 1. The van der Waals surface area contributed by atoms with Crippen LogP contribution in [0, 0.1) is 20.8 Å². The van der Waals surface area contributed by atoms with Crippen LogP contribution in [0.3, 0.4) is 0 Å². The van der Waals surface area contributed by atoms with Crippen LogP contribution in [0.15, 0.2) is 9.52 Å². The maximum atomic E-state index is 5.07. The zero-order valence-corrected chi connectivity index (χ0v) is 17.0. The zero-order chi connectivity index (χ0) is 15.9. The molecule has 0 saturated carbocycles. The molecule has 2 aromatic rings. The number of rotatable bonds is 6. The second kappa shape index (κ2) is 9.81. The maximum absolute atomic E-state index is 5.07. The molecule has 23 heavy (non-hydrogen) atoms. The number of aliphatic imine (C=N–C) groups is 1. The number of aryl methyl sites for hydroxylation is 4. The van der Waals surface area contributed by atoms with E-state index in [1.165, 1.54) is 4.88 Å². The lowest BCUT2D eigenvalue weighted by molar-refractivity contribution is 0.372. The lowest BCUT2D eigenvalue weighted by Crippen LogP contribution is -2.37. The lowest BCUT2D eigenvalue weighted by Gasteiger charge is -2.10. The predicted molar refractivity (Wildman–Crippen MR) is 103 cm³/mol. The predicted octanol–water partition coefficient (Wildman–Crippen LogP) is 2.37. The largest absolute Gasteiger partial charge is 0.356 e. The van der Waals surface area contributed by atoms with Crippen molar-refractivity contribution in [3.63, 3.8) is 0 Å². The summed E-state index contributed by atoms with van der Waals surface area (Å²) in [5.41, 5.74) is 1.10. The van der Waals surface area contributed by atoms with Gasteiger partial charge in [-0.3, -0.25) is 4.99 Å². The Kier molecular flexibility index (Phi) is 8.45. The molecule has 7 nitrogen and oxygen atoms in total. The lowest BCUT2D eigenvalue weighted by atomic mass is 10.3. The molecule has 0 saturated heterocycles. The van der Waals surface area contributed by atoms with Crippen molar-refractivity contribution in [2.24, 2.45) is 4.99 Å². The van der Waals surface area contributed by atoms with E-state index >= 15 is 0 Å². The van der Waals surface area contributed by atoms with E-state index in [9.17, 15) is 0 Å². The van der Waals surface area contributed by atoms with Gasteiger partial charge in [0.1, 0.15) is 5.01 Å². The van der Waals surface area contributed by atoms with Crippen molar-refractivity contribution in [3.8, 4) is 0 Å². The van der Waals surface area contributed by atoms with E-state index < -0.39 is 0 Å². The van der Waals surface area contributed by atoms with Crippen LogP contribution in [-0.2, 0) is 13.0 Å². The summed E-state index contributed by atoms with van der Waals surface area (Å²) in [7, 11) is 1.76. The first kappa shape index (κ1) is 19.8. The minimum absolute atomic E-state index is 0. The minimum atomic E-state index is 0. The molecule has 0 aliphatic heterocycles. The SMILES string of the molecule is CN=C(NCCCc1nc(C)no1)NCc1nc(C)c(C)s1.I. The topological polar surface area (TPSA) is 88.2 Å². The summed E-state index contributed by atoms with van der Waals surface area (Å²) in [5.74, 6) is 2.12. The summed E-state index contributed by atoms with van der Waals surface area (Å²) in [6.45, 7) is 7.41. The molecule has 2 rings (SSSR count). The number of nitrogens with zero attached hydrogens (tertiary/aromatic N) is 4. The molecule has 0 aliphatic carbocycles. The van der Waals surface area contributed by atoms with Gasteiger partial charge in [-0.25, -0.2) is 4.98 Å². The fourth-order valence-corrected chi connectivity index (χ4v) is 2.76. The van der Waals surface area contributed by atoms with E-state index in [2.05, 4.69) is 37.7 Å². The molecule has 0 fully saturated rings. The summed E-state index contributed by atoms with van der Waals surface area (Å²) < 4.78 is 5.07. The van der Waals surface area contributed by atoms with E-state index in [0.29, 0.717) is 18.3 Å². The summed E-state index contributed by atoms with van der Waals surface area (Å²) >= 11 is 1.71. The zero-order valence-electron chi connectivity index (χ0n) is 13.8. The van der Waals surface area contributed by atoms with Crippen LogP contribution in [-0.4, -0.2) is 34.7 Å². The van der Waals surface area contributed by atoms with Gasteiger partial charge in [0.25, 0.3) is 0 Å². The van der Waals surface area contributed by atoms with Crippen LogP contribution in [0.2, 0.25) is 0 Å². The Balaban J connectivity index is 0.00000264. The molecule has 2 N–H and O–H groups in total. The molecule has 2 aromatic heterocycles. The highest BCUT2D eigenvalue weighted by Gasteiger charge is 2.05. The number of hydrogen-bond donors (Lipinski definition) is 2. The summed E-state index contributed by atoms with van der Waals surface area (Å²) in [5, 5.41) is 11.4. The Morgan fingerprint density at radius 3 is 2.57 bits per heavy atom. The Bertz CT molecular complexity index is 620. The monoisotopic (exact) mass is 450 g/mol. The number of aromatic nitrogens is 3. The van der Waals surface area contributed by atoms with Crippen molar-refractivity contribution in [3.05, 3.63) is 27.3 Å². The Labute approximate surface area is 157 Å². The smallest absolute Gasteiger partial charge is 0.226 e. The fraction of sp³-hybridized carbons (Fsp3) is 0.571. The minimum Gasteiger partial charge on any atom is -0.356 e. The molecule has 0 spiro atoms. The van der Waals surface area contributed by atoms with Gasteiger partial charge in [0.05, 0.1) is 12.2 Å². The van der Waals surface area contributed by atoms with Gasteiger partial charge in [0.15, 0.2) is 11.8 Å². The molecular weight excluding hydrogens is 427 g/mol. The second-order valence-electron chi connectivity index (χ2n) is 4.94. The van der Waals surface area contributed by atoms with Gasteiger partial charge in [0, 0.05) is 24.9 Å². The maximum Gasteiger partial charge on any atom is 0.226 e. The van der Waals surface area contributed by atoms with E-state index in [4.69, 9.17) is 4.52 Å². The first-order valence-electron chi connectivity index (χ1n) is 7.25. The summed E-state index contributed by atoms with van der Waals surface area (Å²) in [6, 6.07) is 0. The second-order valence-corrected chi connectivity index (χ2v) is 6.23. The molecule has 128 valence electrons. The standard InChI is InChI=1S/C14H22N6OS.HI/c1-9-10(2)22-13(18-9)8-17-14(15-4)16-7-5-6-12-19-11(3)20-21-12;/h5-8H2,1-4H3,(H2,15,16,17);1H. The molecule has 0 atom stereocenters. The van der Waals surface area contributed by atoms with Crippen molar-refractivity contribution in [1.82, 2.24) is 25.8 Å². The summed E-state index contributed by atoms with van der Waals surface area (Å²) in [6.07, 6.45) is 1.66. The van der Waals surface area contributed by atoms with E-state index in [1.54, 1.807) is 18.4 Å². The van der Waals surface area contributed by atoms with Crippen LogP contribution in [0.1, 0.15) is 33.7 Å². The van der Waals surface area contributed by atoms with E-state index in [0.717, 1.165) is 36.0 Å². The normalized spacial score (nSPS) is 11.2. The first-order chi connectivity index (χ1) is 10.6. The number of hydrogen-bond acceptors (Lipinski definition) is 6. The van der Waals surface area contributed by atoms with Crippen molar-refractivity contribution in [1.29, 1.82) is 0 Å². The van der Waals surface area contributed by atoms with Gasteiger partial charge in [-0.05, 0) is 27.2 Å². The van der Waals surface area contributed by atoms with Crippen molar-refractivity contribution in [2.45, 2.75) is 40.2 Å². The van der Waals surface area contributed by atoms with Gasteiger partial charge in [-0.1, -0.05) is 5.16 Å². The van der Waals surface area contributed by atoms with Crippen LogP contribution in [0.25, 0.3) is 0 Å². The molecule has 0 aromatic carbocycles. The quantitative estimate of drug-likeness (QED) is 0.304. The Hall–Kier alpha value is -1.23. The number of guanidine groups is 1. The van der Waals surface area contributed by atoms with Crippen LogP contribution in [0.5, 0.6) is 0 Å². The first-order valence-corrected chi connectivity index (χ1v) is 8.06. The van der Waals surface area contributed by atoms with Gasteiger partial charge < -0.3 is 15.2 Å². The average Bonchev–Trinajstić information content (AvgIpc) is 3.04. The van der Waals surface area contributed by atoms with Crippen molar-refractivity contribution >= 4 is 41.3 Å². The fourth-order valence-electron chi connectivity index (χ4n) is 1.88. The molecule has 0 bridgehead atoms. The third-order valence-corrected chi connectivity index (χ3v) is 4.21. The molecular formula is C14H23IN6OS. The van der Waals surface area contributed by atoms with Crippen LogP contribution >= 0.6 is 35.3 Å². The van der Waals surface area contributed by atoms with E-state index in [1.807, 2.05) is 13.8 Å². The molecule has 2 heterocycles. The number of nitrogens with one attached hydrogen (secondary N) is 2. The third kappa shape index (κ3) is 6.42. The van der Waals surface area contributed by atoms with Gasteiger partial charge in [-0.2, -0.15) is 4.98 Å². The highest BCUT2D eigenvalue weighted by molar-refractivity contribution is 14.0. The van der Waals surface area contributed by atoms with Gasteiger partial charge in [-0.15, -0.1) is 35.3 Å². The highest BCUT2D eigenvalue weighted by Crippen LogP contribution is 2.15. The third-order valence-electron chi connectivity index (χ3n) is 3.13. The Morgan fingerprint density at radius 2 is 2.00 bits per heavy atom. The van der Waals surface area contributed by atoms with Gasteiger partial charge in [0.2, 0.25) is 5.89 Å². The highest BCUT2D eigenvalue weighted by atomic mass is 127. The number of thiazole rings is 1. The van der Waals surface area contributed by atoms with Crippen LogP contribution < -0.4 is 10.6 Å². The molecule has 0 amide bonds. The van der Waals surface area contributed by atoms with Crippen molar-refractivity contribution < 1.29 is 4.52 Å². The van der Waals surface area contributed by atoms with Crippen LogP contribution in [0.4, 0.5) is 0 Å².